The van der Waals surface area contributed by atoms with Gasteiger partial charge in [-0.15, -0.1) is 0 Å². The van der Waals surface area contributed by atoms with E-state index in [0.717, 1.165) is 28.5 Å². The Labute approximate surface area is 174 Å². The van der Waals surface area contributed by atoms with Crippen LogP contribution < -0.4 is 10.6 Å². The minimum absolute atomic E-state index is 0.112. The molecule has 1 heterocycles. The number of urea groups is 1. The van der Waals surface area contributed by atoms with E-state index < -0.39 is 29.9 Å². The van der Waals surface area contributed by atoms with E-state index in [9.17, 15) is 19.2 Å². The smallest absolute Gasteiger partial charge is 0.325 e. The highest BCUT2D eigenvalue weighted by molar-refractivity contribution is 6.10. The number of fused-ring (bicyclic) bond motifs is 1. The third kappa shape index (κ3) is 3.60. The number of imide groups is 1. The maximum absolute atomic E-state index is 13.2. The number of nitrogens with zero attached hydrogens (tertiary/aromatic N) is 2. The van der Waals surface area contributed by atoms with Crippen molar-refractivity contribution in [2.45, 2.75) is 31.3 Å². The maximum Gasteiger partial charge on any atom is 0.325 e. The lowest BCUT2D eigenvalue weighted by Crippen LogP contribution is -2.46. The van der Waals surface area contributed by atoms with Crippen LogP contribution >= 0.6 is 0 Å². The van der Waals surface area contributed by atoms with Gasteiger partial charge in [-0.2, -0.15) is 0 Å². The molecular formula is C22H24N4O4. The van der Waals surface area contributed by atoms with Crippen molar-refractivity contribution in [2.24, 2.45) is 0 Å². The molecule has 8 nitrogen and oxygen atoms in total. The van der Waals surface area contributed by atoms with Gasteiger partial charge in [-0.25, -0.2) is 4.79 Å². The van der Waals surface area contributed by atoms with Crippen LogP contribution in [0.5, 0.6) is 0 Å². The Morgan fingerprint density at radius 3 is 2.60 bits per heavy atom. The van der Waals surface area contributed by atoms with Crippen molar-refractivity contribution in [2.75, 3.05) is 20.1 Å². The Bertz CT molecular complexity index is 1040. The van der Waals surface area contributed by atoms with Crippen LogP contribution in [-0.4, -0.2) is 59.7 Å². The standard InChI is InChI=1S/C22H24N4O4/c1-22(17-9-5-7-14-6-3-4-8-16(14)17)20(29)26(21(30)24-22)13-19(28)25(2)12-18(27)23-15-10-11-15/h3-9,15H,10-13H2,1-2H3,(H,23,27)(H,24,30)/t22-/m1/s1. The van der Waals surface area contributed by atoms with Crippen molar-refractivity contribution in [3.05, 3.63) is 48.0 Å². The number of carbonyl (C=O) groups is 4. The van der Waals surface area contributed by atoms with Gasteiger partial charge in [0.2, 0.25) is 11.8 Å². The molecule has 1 aliphatic carbocycles. The number of hydrogen-bond donors (Lipinski definition) is 2. The summed E-state index contributed by atoms with van der Waals surface area (Å²) in [7, 11) is 1.48. The first-order valence-electron chi connectivity index (χ1n) is 9.95. The van der Waals surface area contributed by atoms with E-state index >= 15 is 0 Å². The quantitative estimate of drug-likeness (QED) is 0.705. The molecule has 0 spiro atoms. The van der Waals surface area contributed by atoms with Crippen LogP contribution in [0, 0.1) is 0 Å². The van der Waals surface area contributed by atoms with Gasteiger partial charge in [0.1, 0.15) is 12.1 Å². The first-order chi connectivity index (χ1) is 14.3. The Kier molecular flexibility index (Phi) is 4.93. The number of benzene rings is 2. The molecule has 2 aromatic rings. The van der Waals surface area contributed by atoms with E-state index in [4.69, 9.17) is 0 Å². The first-order valence-corrected chi connectivity index (χ1v) is 9.95. The second-order valence-corrected chi connectivity index (χ2v) is 8.06. The van der Waals surface area contributed by atoms with E-state index in [1.807, 2.05) is 36.4 Å². The van der Waals surface area contributed by atoms with Gasteiger partial charge in [0.25, 0.3) is 5.91 Å². The summed E-state index contributed by atoms with van der Waals surface area (Å²) in [6.45, 7) is 1.12. The van der Waals surface area contributed by atoms with Crippen molar-refractivity contribution >= 4 is 34.5 Å². The highest BCUT2D eigenvalue weighted by Crippen LogP contribution is 2.33. The number of hydrogen-bond acceptors (Lipinski definition) is 4. The molecule has 0 aromatic heterocycles. The molecule has 0 bridgehead atoms. The average Bonchev–Trinajstić information content (AvgIpc) is 3.50. The molecule has 0 radical (unpaired) electrons. The van der Waals surface area contributed by atoms with Gasteiger partial charge >= 0.3 is 6.03 Å². The molecule has 1 atom stereocenters. The number of nitrogens with one attached hydrogen (secondary N) is 2. The minimum atomic E-state index is -1.28. The van der Waals surface area contributed by atoms with Gasteiger partial charge in [-0.05, 0) is 36.1 Å². The number of carbonyl (C=O) groups excluding carboxylic acids is 4. The summed E-state index contributed by atoms with van der Waals surface area (Å²) in [5.41, 5.74) is -0.605. The molecule has 30 heavy (non-hydrogen) atoms. The third-order valence-corrected chi connectivity index (χ3v) is 5.65. The van der Waals surface area contributed by atoms with E-state index in [-0.39, 0.29) is 18.5 Å². The van der Waals surface area contributed by atoms with Crippen LogP contribution in [0.3, 0.4) is 0 Å². The SMILES string of the molecule is CN(CC(=O)NC1CC1)C(=O)CN1C(=O)N[C@](C)(c2cccc3ccccc23)C1=O. The Morgan fingerprint density at radius 1 is 1.17 bits per heavy atom. The zero-order valence-electron chi connectivity index (χ0n) is 17.0. The summed E-state index contributed by atoms with van der Waals surface area (Å²) in [5, 5.41) is 7.37. The molecular weight excluding hydrogens is 384 g/mol. The summed E-state index contributed by atoms with van der Waals surface area (Å²) in [5.74, 6) is -1.22. The van der Waals surface area contributed by atoms with E-state index in [2.05, 4.69) is 10.6 Å². The molecule has 1 saturated heterocycles. The lowest BCUT2D eigenvalue weighted by atomic mass is 9.88. The number of likely N-dealkylation sites (N-methyl/N-ethyl adjacent to an activating group) is 1. The summed E-state index contributed by atoms with van der Waals surface area (Å²) < 4.78 is 0. The van der Waals surface area contributed by atoms with Gasteiger partial charge in [0, 0.05) is 13.1 Å². The van der Waals surface area contributed by atoms with Gasteiger partial charge in [0.05, 0.1) is 6.54 Å². The topological polar surface area (TPSA) is 98.8 Å². The van der Waals surface area contributed by atoms with E-state index in [1.54, 1.807) is 13.0 Å². The lowest BCUT2D eigenvalue weighted by Gasteiger charge is -2.24. The van der Waals surface area contributed by atoms with Gasteiger partial charge in [0.15, 0.2) is 0 Å². The van der Waals surface area contributed by atoms with Crippen molar-refractivity contribution in [1.29, 1.82) is 0 Å². The summed E-state index contributed by atoms with van der Waals surface area (Å²) in [6.07, 6.45) is 1.91. The Morgan fingerprint density at radius 2 is 1.87 bits per heavy atom. The van der Waals surface area contributed by atoms with Crippen LogP contribution in [0.4, 0.5) is 4.79 Å². The number of amides is 5. The number of rotatable bonds is 6. The van der Waals surface area contributed by atoms with Crippen LogP contribution in [0.1, 0.15) is 25.3 Å². The van der Waals surface area contributed by atoms with Crippen LogP contribution in [0.2, 0.25) is 0 Å². The maximum atomic E-state index is 13.2. The minimum Gasteiger partial charge on any atom is -0.352 e. The molecule has 4 rings (SSSR count). The molecule has 1 aliphatic heterocycles. The van der Waals surface area contributed by atoms with Crippen LogP contribution in [0.15, 0.2) is 42.5 Å². The van der Waals surface area contributed by atoms with Gasteiger partial charge in [-0.1, -0.05) is 42.5 Å². The fourth-order valence-corrected chi connectivity index (χ4v) is 3.75. The second-order valence-electron chi connectivity index (χ2n) is 8.06. The van der Waals surface area contributed by atoms with Crippen molar-refractivity contribution in [3.63, 3.8) is 0 Å². The molecule has 5 amide bonds. The highest BCUT2D eigenvalue weighted by Gasteiger charge is 2.50. The van der Waals surface area contributed by atoms with E-state index in [0.29, 0.717) is 5.56 Å². The summed E-state index contributed by atoms with van der Waals surface area (Å²) in [4.78, 5) is 52.4. The molecule has 2 aliphatic rings. The molecule has 8 heteroatoms. The normalized spacial score (nSPS) is 20.9. The summed E-state index contributed by atoms with van der Waals surface area (Å²) in [6, 6.07) is 12.8. The average molecular weight is 408 g/mol. The molecule has 2 N–H and O–H groups in total. The van der Waals surface area contributed by atoms with Crippen molar-refractivity contribution < 1.29 is 19.2 Å². The molecule has 0 unspecified atom stereocenters. The second kappa shape index (κ2) is 7.44. The fourth-order valence-electron chi connectivity index (χ4n) is 3.75. The molecule has 156 valence electrons. The fraction of sp³-hybridized carbons (Fsp3) is 0.364. The van der Waals surface area contributed by atoms with Gasteiger partial charge < -0.3 is 15.5 Å². The van der Waals surface area contributed by atoms with Gasteiger partial charge in [-0.3, -0.25) is 19.3 Å². The lowest BCUT2D eigenvalue weighted by molar-refractivity contribution is -0.139. The monoisotopic (exact) mass is 408 g/mol. The zero-order valence-corrected chi connectivity index (χ0v) is 17.0. The van der Waals surface area contributed by atoms with Crippen LogP contribution in [-0.2, 0) is 19.9 Å². The highest BCUT2D eigenvalue weighted by atomic mass is 16.2. The Hall–Kier alpha value is -3.42. The molecule has 2 fully saturated rings. The molecule has 2 aromatic carbocycles. The summed E-state index contributed by atoms with van der Waals surface area (Å²) >= 11 is 0. The molecule has 1 saturated carbocycles. The van der Waals surface area contributed by atoms with Crippen molar-refractivity contribution in [1.82, 2.24) is 20.4 Å². The zero-order chi connectivity index (χ0) is 21.5. The predicted molar refractivity (Wildman–Crippen MR) is 110 cm³/mol. The predicted octanol–water partition coefficient (Wildman–Crippen LogP) is 1.34. The van der Waals surface area contributed by atoms with Crippen molar-refractivity contribution in [3.8, 4) is 0 Å². The largest absolute Gasteiger partial charge is 0.352 e. The van der Waals surface area contributed by atoms with Crippen LogP contribution in [0.25, 0.3) is 10.8 Å². The first kappa shape index (κ1) is 19.9. The third-order valence-electron chi connectivity index (χ3n) is 5.65. The van der Waals surface area contributed by atoms with E-state index in [1.165, 1.54) is 11.9 Å². The Balaban J connectivity index is 1.50.